The van der Waals surface area contributed by atoms with Crippen molar-refractivity contribution in [3.63, 3.8) is 0 Å². The van der Waals surface area contributed by atoms with Gasteiger partial charge in [0, 0.05) is 17.6 Å². The van der Waals surface area contributed by atoms with E-state index in [2.05, 4.69) is 5.32 Å². The minimum absolute atomic E-state index is 0.138. The summed E-state index contributed by atoms with van der Waals surface area (Å²) in [6, 6.07) is 11.8. The summed E-state index contributed by atoms with van der Waals surface area (Å²) in [6.45, 7) is 5.20. The zero-order valence-corrected chi connectivity index (χ0v) is 20.2. The van der Waals surface area contributed by atoms with Crippen molar-refractivity contribution in [2.75, 3.05) is 27.3 Å². The Balaban J connectivity index is 1.91. The Bertz CT molecular complexity index is 985. The molecule has 0 radical (unpaired) electrons. The molecule has 2 aromatic carbocycles. The normalized spacial score (nSPS) is 10.8. The second kappa shape index (κ2) is 11.6. The van der Waals surface area contributed by atoms with Gasteiger partial charge in [0.05, 0.1) is 19.2 Å². The van der Waals surface area contributed by atoms with Crippen LogP contribution in [0.4, 0.5) is 0 Å². The maximum absolute atomic E-state index is 12.4. The number of hydrogen-bond donors (Lipinski definition) is 1. The van der Waals surface area contributed by atoms with Gasteiger partial charge in [0.2, 0.25) is 5.91 Å². The number of nitrogens with zero attached hydrogens (tertiary/aromatic N) is 1. The Morgan fingerprint density at radius 2 is 1.70 bits per heavy atom. The van der Waals surface area contributed by atoms with Gasteiger partial charge in [-0.15, -0.1) is 0 Å². The van der Waals surface area contributed by atoms with Crippen LogP contribution in [-0.2, 0) is 20.9 Å². The molecule has 0 fully saturated rings. The molecule has 1 N–H and O–H groups in total. The highest BCUT2D eigenvalue weighted by Gasteiger charge is 2.20. The molecule has 0 atom stereocenters. The maximum atomic E-state index is 12.4. The molecule has 0 unspecified atom stereocenters. The standard InChI is InChI=1S/C24H29ClN2O6/c1-24(2,3)26-21(28)13-27(4)22(29)15-33-23(30)17-8-11-19(20(12-17)31-5)32-14-16-6-9-18(25)10-7-16/h6-12H,13-15H2,1-5H3,(H,26,28). The smallest absolute Gasteiger partial charge is 0.338 e. The van der Waals surface area contributed by atoms with Crippen LogP contribution < -0.4 is 14.8 Å². The van der Waals surface area contributed by atoms with Gasteiger partial charge in [0.1, 0.15) is 6.61 Å². The topological polar surface area (TPSA) is 94.2 Å². The van der Waals surface area contributed by atoms with Crippen LogP contribution in [0.5, 0.6) is 11.5 Å². The molecular formula is C24H29ClN2O6. The maximum Gasteiger partial charge on any atom is 0.338 e. The first kappa shape index (κ1) is 26.0. The lowest BCUT2D eigenvalue weighted by Crippen LogP contribution is -2.46. The zero-order valence-electron chi connectivity index (χ0n) is 19.4. The number of ether oxygens (including phenoxy) is 3. The Kier molecular flexibility index (Phi) is 9.11. The minimum atomic E-state index is -0.696. The molecule has 9 heteroatoms. The van der Waals surface area contributed by atoms with Crippen molar-refractivity contribution in [3.8, 4) is 11.5 Å². The van der Waals surface area contributed by atoms with E-state index in [1.54, 1.807) is 18.2 Å². The monoisotopic (exact) mass is 476 g/mol. The summed E-state index contributed by atoms with van der Waals surface area (Å²) >= 11 is 5.88. The van der Waals surface area contributed by atoms with E-state index in [1.807, 2.05) is 32.9 Å². The number of amides is 2. The van der Waals surface area contributed by atoms with E-state index >= 15 is 0 Å². The fraction of sp³-hybridized carbons (Fsp3) is 0.375. The molecule has 0 heterocycles. The molecule has 0 saturated heterocycles. The zero-order chi connectivity index (χ0) is 24.6. The summed E-state index contributed by atoms with van der Waals surface area (Å²) in [4.78, 5) is 37.8. The lowest BCUT2D eigenvalue weighted by Gasteiger charge is -2.23. The highest BCUT2D eigenvalue weighted by atomic mass is 35.5. The molecule has 2 aromatic rings. The average Bonchev–Trinajstić information content (AvgIpc) is 2.75. The predicted molar refractivity (Wildman–Crippen MR) is 125 cm³/mol. The van der Waals surface area contributed by atoms with Gasteiger partial charge in [-0.2, -0.15) is 0 Å². The van der Waals surface area contributed by atoms with Gasteiger partial charge in [0.15, 0.2) is 18.1 Å². The minimum Gasteiger partial charge on any atom is -0.493 e. The quantitative estimate of drug-likeness (QED) is 0.557. The average molecular weight is 477 g/mol. The van der Waals surface area contributed by atoms with Crippen molar-refractivity contribution in [3.05, 3.63) is 58.6 Å². The summed E-state index contributed by atoms with van der Waals surface area (Å²) < 4.78 is 16.2. The molecule has 0 spiro atoms. The largest absolute Gasteiger partial charge is 0.493 e. The molecule has 178 valence electrons. The van der Waals surface area contributed by atoms with Crippen LogP contribution in [0.15, 0.2) is 42.5 Å². The predicted octanol–water partition coefficient (Wildman–Crippen LogP) is 3.46. The number of carbonyl (C=O) groups excluding carboxylic acids is 3. The van der Waals surface area contributed by atoms with E-state index in [0.717, 1.165) is 5.56 Å². The van der Waals surface area contributed by atoms with Gasteiger partial charge in [-0.25, -0.2) is 4.79 Å². The third-order valence-corrected chi connectivity index (χ3v) is 4.61. The first-order valence-corrected chi connectivity index (χ1v) is 10.6. The number of likely N-dealkylation sites (N-methyl/N-ethyl adjacent to an activating group) is 1. The summed E-state index contributed by atoms with van der Waals surface area (Å²) in [6.07, 6.45) is 0. The molecule has 0 saturated carbocycles. The summed E-state index contributed by atoms with van der Waals surface area (Å²) in [7, 11) is 2.93. The van der Waals surface area contributed by atoms with Crippen molar-refractivity contribution in [1.29, 1.82) is 0 Å². The van der Waals surface area contributed by atoms with Gasteiger partial charge >= 0.3 is 5.97 Å². The van der Waals surface area contributed by atoms with E-state index in [9.17, 15) is 14.4 Å². The molecule has 2 rings (SSSR count). The van der Waals surface area contributed by atoms with Crippen LogP contribution in [-0.4, -0.2) is 55.5 Å². The van der Waals surface area contributed by atoms with E-state index < -0.39 is 24.0 Å². The third kappa shape index (κ3) is 8.65. The fourth-order valence-electron chi connectivity index (χ4n) is 2.74. The van der Waals surface area contributed by atoms with Crippen LogP contribution in [0.25, 0.3) is 0 Å². The molecule has 0 aliphatic carbocycles. The molecule has 2 amide bonds. The Labute approximate surface area is 198 Å². The van der Waals surface area contributed by atoms with Crippen molar-refractivity contribution in [1.82, 2.24) is 10.2 Å². The summed E-state index contributed by atoms with van der Waals surface area (Å²) in [5.41, 5.74) is 0.715. The number of esters is 1. The van der Waals surface area contributed by atoms with Crippen molar-refractivity contribution >= 4 is 29.4 Å². The molecular weight excluding hydrogens is 448 g/mol. The molecule has 33 heavy (non-hydrogen) atoms. The van der Waals surface area contributed by atoms with Gasteiger partial charge in [-0.3, -0.25) is 9.59 Å². The third-order valence-electron chi connectivity index (χ3n) is 4.35. The SMILES string of the molecule is COc1cc(C(=O)OCC(=O)N(C)CC(=O)NC(C)(C)C)ccc1OCc1ccc(Cl)cc1. The van der Waals surface area contributed by atoms with Crippen LogP contribution in [0.2, 0.25) is 5.02 Å². The number of rotatable bonds is 9. The van der Waals surface area contributed by atoms with Crippen molar-refractivity contribution in [2.24, 2.45) is 0 Å². The van der Waals surface area contributed by atoms with Crippen molar-refractivity contribution in [2.45, 2.75) is 32.9 Å². The number of carbonyl (C=O) groups is 3. The summed E-state index contributed by atoms with van der Waals surface area (Å²) in [5.74, 6) is -0.699. The van der Waals surface area contributed by atoms with E-state index in [4.69, 9.17) is 25.8 Å². The highest BCUT2D eigenvalue weighted by molar-refractivity contribution is 6.30. The fourth-order valence-corrected chi connectivity index (χ4v) is 2.86. The Hall–Kier alpha value is -3.26. The molecule has 0 aromatic heterocycles. The van der Waals surface area contributed by atoms with E-state index in [1.165, 1.54) is 31.2 Å². The van der Waals surface area contributed by atoms with E-state index in [-0.39, 0.29) is 18.0 Å². The lowest BCUT2D eigenvalue weighted by atomic mass is 10.1. The van der Waals surface area contributed by atoms with Gasteiger partial charge < -0.3 is 24.4 Å². The molecule has 0 aliphatic heterocycles. The first-order valence-electron chi connectivity index (χ1n) is 10.3. The molecule has 0 aliphatic rings. The number of hydrogen-bond acceptors (Lipinski definition) is 6. The number of benzene rings is 2. The van der Waals surface area contributed by atoms with Crippen molar-refractivity contribution < 1.29 is 28.6 Å². The lowest BCUT2D eigenvalue weighted by molar-refractivity contribution is -0.137. The van der Waals surface area contributed by atoms with E-state index in [0.29, 0.717) is 23.1 Å². The Morgan fingerprint density at radius 3 is 2.30 bits per heavy atom. The number of halogens is 1. The number of nitrogens with one attached hydrogen (secondary N) is 1. The van der Waals surface area contributed by atoms with Gasteiger partial charge in [-0.05, 0) is 56.7 Å². The number of methoxy groups -OCH3 is 1. The summed E-state index contributed by atoms with van der Waals surface area (Å²) in [5, 5.41) is 3.40. The Morgan fingerprint density at radius 1 is 1.03 bits per heavy atom. The van der Waals surface area contributed by atoms with Gasteiger partial charge in [0.25, 0.3) is 5.91 Å². The second-order valence-corrected chi connectivity index (χ2v) is 8.84. The second-order valence-electron chi connectivity index (χ2n) is 8.40. The van der Waals surface area contributed by atoms with Crippen LogP contribution in [0, 0.1) is 0 Å². The van der Waals surface area contributed by atoms with Gasteiger partial charge in [-0.1, -0.05) is 23.7 Å². The molecule has 8 nitrogen and oxygen atoms in total. The van der Waals surface area contributed by atoms with Crippen LogP contribution in [0.3, 0.4) is 0 Å². The first-order chi connectivity index (χ1) is 15.5. The molecule has 0 bridgehead atoms. The highest BCUT2D eigenvalue weighted by Crippen LogP contribution is 2.29. The van der Waals surface area contributed by atoms with Crippen LogP contribution in [0.1, 0.15) is 36.7 Å². The van der Waals surface area contributed by atoms with Crippen LogP contribution >= 0.6 is 11.6 Å².